The van der Waals surface area contributed by atoms with Gasteiger partial charge in [0.2, 0.25) is 0 Å². The van der Waals surface area contributed by atoms with Gasteiger partial charge in [0.15, 0.2) is 5.78 Å². The molecule has 7 heteroatoms. The number of carbonyl (C=O) groups excluding carboxylic acids is 1. The molecule has 0 atom stereocenters. The number of hydrogen-bond acceptors (Lipinski definition) is 5. The van der Waals surface area contributed by atoms with E-state index in [0.29, 0.717) is 11.5 Å². The summed E-state index contributed by atoms with van der Waals surface area (Å²) in [4.78, 5) is 21.8. The van der Waals surface area contributed by atoms with Crippen molar-refractivity contribution in [2.75, 3.05) is 0 Å². The molecule has 0 aliphatic heterocycles. The molecule has 3 heterocycles. The molecule has 4 nitrogen and oxygen atoms in total. The molecule has 1 aromatic carbocycles. The first-order chi connectivity index (χ1) is 14.2. The molecule has 0 unspecified atom stereocenters. The lowest BCUT2D eigenvalue weighted by Gasteiger charge is -2.03. The maximum atomic E-state index is 13.8. The molecule has 0 bridgehead atoms. The number of hydrogen-bond donors (Lipinski definition) is 0. The highest BCUT2D eigenvalue weighted by molar-refractivity contribution is 8.01. The molecule has 0 N–H and O–H groups in total. The molecule has 0 saturated heterocycles. The summed E-state index contributed by atoms with van der Waals surface area (Å²) in [6, 6.07) is 10.4. The molecule has 1 aliphatic rings. The van der Waals surface area contributed by atoms with Crippen LogP contribution in [0.4, 0.5) is 4.39 Å². The van der Waals surface area contributed by atoms with Gasteiger partial charge in [-0.3, -0.25) is 4.79 Å². The number of nitrogens with zero attached hydrogens (tertiary/aromatic N) is 3. The summed E-state index contributed by atoms with van der Waals surface area (Å²) in [5, 5.41) is 2.49. The van der Waals surface area contributed by atoms with E-state index in [1.165, 1.54) is 36.3 Å². The molecule has 0 radical (unpaired) electrons. The van der Waals surface area contributed by atoms with Crippen molar-refractivity contribution in [2.45, 2.75) is 35.0 Å². The van der Waals surface area contributed by atoms with Gasteiger partial charge in [-0.2, -0.15) is 0 Å². The van der Waals surface area contributed by atoms with E-state index < -0.39 is 0 Å². The summed E-state index contributed by atoms with van der Waals surface area (Å²) < 4.78 is 16.8. The summed E-state index contributed by atoms with van der Waals surface area (Å²) in [6.45, 7) is 0.843. The maximum absolute atomic E-state index is 13.8. The first-order valence-corrected chi connectivity index (χ1v) is 11.1. The van der Waals surface area contributed by atoms with E-state index >= 15 is 0 Å². The van der Waals surface area contributed by atoms with Crippen molar-refractivity contribution in [3.63, 3.8) is 0 Å². The number of benzene rings is 1. The van der Waals surface area contributed by atoms with E-state index in [4.69, 9.17) is 0 Å². The SMILES string of the molecule is O=C(Cc1ncc(Sc2ccccn2)s1)c1cn(CC2CC2)c2cc(F)ccc12. The predicted octanol–water partition coefficient (Wildman–Crippen LogP) is 5.62. The Morgan fingerprint density at radius 1 is 1.24 bits per heavy atom. The normalized spacial score (nSPS) is 13.8. The minimum absolute atomic E-state index is 0.0138. The highest BCUT2D eigenvalue weighted by atomic mass is 32.2. The number of fused-ring (bicyclic) bond motifs is 1. The Kier molecular flexibility index (Phi) is 4.93. The second kappa shape index (κ2) is 7.72. The summed E-state index contributed by atoms with van der Waals surface area (Å²) in [7, 11) is 0. The first-order valence-electron chi connectivity index (χ1n) is 9.51. The minimum Gasteiger partial charge on any atom is -0.346 e. The van der Waals surface area contributed by atoms with Gasteiger partial charge in [-0.15, -0.1) is 11.3 Å². The lowest BCUT2D eigenvalue weighted by atomic mass is 10.1. The fraction of sp³-hybridized carbons (Fsp3) is 0.227. The number of Topliss-reactive ketones (excluding diaryl/α,β-unsaturated/α-hetero) is 1. The van der Waals surface area contributed by atoms with Crippen LogP contribution in [0.5, 0.6) is 0 Å². The van der Waals surface area contributed by atoms with Crippen molar-refractivity contribution in [1.82, 2.24) is 14.5 Å². The van der Waals surface area contributed by atoms with Crippen LogP contribution in [0, 0.1) is 11.7 Å². The Balaban J connectivity index is 1.37. The number of carbonyl (C=O) groups is 1. The second-order valence-electron chi connectivity index (χ2n) is 7.24. The van der Waals surface area contributed by atoms with Gasteiger partial charge < -0.3 is 4.57 Å². The van der Waals surface area contributed by atoms with Crippen molar-refractivity contribution in [1.29, 1.82) is 0 Å². The topological polar surface area (TPSA) is 47.8 Å². The quantitative estimate of drug-likeness (QED) is 0.362. The smallest absolute Gasteiger partial charge is 0.171 e. The minimum atomic E-state index is -0.275. The molecular formula is C22H18FN3OS2. The van der Waals surface area contributed by atoms with Crippen molar-refractivity contribution in [3.8, 4) is 0 Å². The van der Waals surface area contributed by atoms with E-state index in [9.17, 15) is 9.18 Å². The van der Waals surface area contributed by atoms with Crippen LogP contribution in [0.3, 0.4) is 0 Å². The number of pyridine rings is 1. The van der Waals surface area contributed by atoms with Gasteiger partial charge in [0, 0.05) is 29.9 Å². The highest BCUT2D eigenvalue weighted by Crippen LogP contribution is 2.34. The van der Waals surface area contributed by atoms with Gasteiger partial charge in [0.1, 0.15) is 15.9 Å². The third kappa shape index (κ3) is 4.11. The zero-order valence-electron chi connectivity index (χ0n) is 15.5. The van der Waals surface area contributed by atoms with Crippen molar-refractivity contribution >= 4 is 39.8 Å². The predicted molar refractivity (Wildman–Crippen MR) is 113 cm³/mol. The van der Waals surface area contributed by atoms with Gasteiger partial charge in [0.05, 0.1) is 22.3 Å². The zero-order chi connectivity index (χ0) is 19.8. The second-order valence-corrected chi connectivity index (χ2v) is 9.68. The van der Waals surface area contributed by atoms with Crippen LogP contribution in [0.2, 0.25) is 0 Å². The van der Waals surface area contributed by atoms with Crippen molar-refractivity contribution in [2.24, 2.45) is 5.92 Å². The van der Waals surface area contributed by atoms with Gasteiger partial charge >= 0.3 is 0 Å². The monoisotopic (exact) mass is 423 g/mol. The van der Waals surface area contributed by atoms with Gasteiger partial charge in [-0.25, -0.2) is 14.4 Å². The lowest BCUT2D eigenvalue weighted by molar-refractivity contribution is 0.0994. The van der Waals surface area contributed by atoms with Gasteiger partial charge in [0.25, 0.3) is 0 Å². The molecule has 29 heavy (non-hydrogen) atoms. The van der Waals surface area contributed by atoms with Crippen LogP contribution in [-0.4, -0.2) is 20.3 Å². The van der Waals surface area contributed by atoms with Crippen LogP contribution in [0.1, 0.15) is 28.2 Å². The van der Waals surface area contributed by atoms with E-state index in [-0.39, 0.29) is 18.0 Å². The number of rotatable bonds is 7. The summed E-state index contributed by atoms with van der Waals surface area (Å²) in [5.41, 5.74) is 1.44. The molecular weight excluding hydrogens is 405 g/mol. The standard InChI is InChI=1S/C22H18FN3OS2/c23-15-6-7-16-17(13-26(18(16)9-15)12-14-4-5-14)19(27)10-21-25-11-22(29-21)28-20-3-1-2-8-24-20/h1-3,6-9,11,13-14H,4-5,10,12H2. The van der Waals surface area contributed by atoms with E-state index in [1.54, 1.807) is 30.2 Å². The molecule has 3 aromatic heterocycles. The van der Waals surface area contributed by atoms with Crippen LogP contribution in [-0.2, 0) is 13.0 Å². The van der Waals surface area contributed by atoms with Crippen LogP contribution < -0.4 is 0 Å². The third-order valence-corrected chi connectivity index (χ3v) is 7.03. The maximum Gasteiger partial charge on any atom is 0.171 e. The molecule has 1 fully saturated rings. The molecule has 1 aliphatic carbocycles. The third-order valence-electron chi connectivity index (χ3n) is 4.98. The Hall–Kier alpha value is -2.51. The Morgan fingerprint density at radius 2 is 2.14 bits per heavy atom. The first kappa shape index (κ1) is 18.5. The van der Waals surface area contributed by atoms with Crippen LogP contribution >= 0.6 is 23.1 Å². The molecule has 5 rings (SSSR count). The fourth-order valence-corrected chi connectivity index (χ4v) is 5.31. The molecule has 1 saturated carbocycles. The average molecular weight is 424 g/mol. The van der Waals surface area contributed by atoms with Gasteiger partial charge in [-0.05, 0) is 49.1 Å². The summed E-state index contributed by atoms with van der Waals surface area (Å²) in [6.07, 6.45) is 8.09. The van der Waals surface area contributed by atoms with E-state index in [0.717, 1.165) is 31.7 Å². The molecule has 4 aromatic rings. The van der Waals surface area contributed by atoms with Crippen LogP contribution in [0.25, 0.3) is 10.9 Å². The molecule has 146 valence electrons. The average Bonchev–Trinajstić information content (AvgIpc) is 3.32. The largest absolute Gasteiger partial charge is 0.346 e. The number of halogens is 1. The Labute approximate surface area is 175 Å². The summed E-state index contributed by atoms with van der Waals surface area (Å²) in [5.74, 6) is 0.379. The van der Waals surface area contributed by atoms with Crippen molar-refractivity contribution in [3.05, 3.63) is 71.4 Å². The Morgan fingerprint density at radius 3 is 2.93 bits per heavy atom. The highest BCUT2D eigenvalue weighted by Gasteiger charge is 2.24. The van der Waals surface area contributed by atoms with Gasteiger partial charge in [-0.1, -0.05) is 17.8 Å². The van der Waals surface area contributed by atoms with Crippen molar-refractivity contribution < 1.29 is 9.18 Å². The van der Waals surface area contributed by atoms with Crippen LogP contribution in [0.15, 0.2) is 64.2 Å². The summed E-state index contributed by atoms with van der Waals surface area (Å²) >= 11 is 3.05. The fourth-order valence-electron chi connectivity index (χ4n) is 3.38. The lowest BCUT2D eigenvalue weighted by Crippen LogP contribution is -2.03. The zero-order valence-corrected chi connectivity index (χ0v) is 17.2. The molecule has 0 spiro atoms. The molecule has 0 amide bonds. The number of thiazole rings is 1. The van der Waals surface area contributed by atoms with E-state index in [1.807, 2.05) is 29.0 Å². The number of ketones is 1. The van der Waals surface area contributed by atoms with E-state index in [2.05, 4.69) is 9.97 Å². The number of aromatic nitrogens is 3. The Bertz CT molecular complexity index is 1180.